The van der Waals surface area contributed by atoms with Crippen molar-refractivity contribution in [3.63, 3.8) is 0 Å². The molecule has 0 spiro atoms. The highest BCUT2D eigenvalue weighted by Gasteiger charge is 2.50. The summed E-state index contributed by atoms with van der Waals surface area (Å²) in [5.74, 6) is 0.106. The van der Waals surface area contributed by atoms with Gasteiger partial charge in [-0.2, -0.15) is 17.5 Å². The molecule has 162 valence electrons. The average Bonchev–Trinajstić information content (AvgIpc) is 2.68. The Kier molecular flexibility index (Phi) is 7.85. The third-order valence-electron chi connectivity index (χ3n) is 4.46. The van der Waals surface area contributed by atoms with Crippen LogP contribution in [0.15, 0.2) is 35.3 Å². The maximum Gasteiger partial charge on any atom is 0.511 e. The first-order valence-corrected chi connectivity index (χ1v) is 10.4. The second-order valence-electron chi connectivity index (χ2n) is 6.51. The monoisotopic (exact) mass is 435 g/mol. The summed E-state index contributed by atoms with van der Waals surface area (Å²) >= 11 is 0. The van der Waals surface area contributed by atoms with Gasteiger partial charge in [-0.05, 0) is 30.9 Å². The van der Waals surface area contributed by atoms with Crippen LogP contribution in [-0.2, 0) is 14.8 Å². The highest BCUT2D eigenvalue weighted by atomic mass is 32.2. The molecular weight excluding hydrogens is 411 g/mol. The lowest BCUT2D eigenvalue weighted by Gasteiger charge is -2.31. The van der Waals surface area contributed by atoms with Crippen LogP contribution in [0, 0.1) is 5.92 Å². The molecule has 0 saturated carbocycles. The normalized spacial score (nSPS) is 17.0. The van der Waals surface area contributed by atoms with Gasteiger partial charge in [-0.15, -0.1) is 0 Å². The van der Waals surface area contributed by atoms with Gasteiger partial charge >= 0.3 is 15.5 Å². The molecule has 0 unspecified atom stereocenters. The number of rotatable bonds is 6. The lowest BCUT2D eigenvalue weighted by molar-refractivity contribution is -0.115. The Morgan fingerprint density at radius 1 is 1.17 bits per heavy atom. The summed E-state index contributed by atoms with van der Waals surface area (Å²) in [7, 11) is -3.74. The summed E-state index contributed by atoms with van der Waals surface area (Å²) in [5, 5.41) is 8.58. The Morgan fingerprint density at radius 2 is 1.79 bits per heavy atom. The van der Waals surface area contributed by atoms with Gasteiger partial charge in [0.1, 0.15) is 0 Å². The third-order valence-corrected chi connectivity index (χ3v) is 6.09. The van der Waals surface area contributed by atoms with E-state index >= 15 is 0 Å². The number of hydrogen-bond donors (Lipinski definition) is 3. The molecular formula is C17H24F3N5O3S. The maximum atomic E-state index is 12.6. The van der Waals surface area contributed by atoms with E-state index in [0.717, 1.165) is 0 Å². The Morgan fingerprint density at radius 3 is 2.34 bits per heavy atom. The Labute approximate surface area is 167 Å². The molecule has 1 saturated heterocycles. The number of alkyl halides is 3. The van der Waals surface area contributed by atoms with Gasteiger partial charge in [0, 0.05) is 32.4 Å². The van der Waals surface area contributed by atoms with Crippen LogP contribution in [0.1, 0.15) is 12.8 Å². The fraction of sp³-hybridized carbons (Fsp3) is 0.529. The molecule has 2 rings (SSSR count). The van der Waals surface area contributed by atoms with Gasteiger partial charge in [0.05, 0.1) is 6.54 Å². The van der Waals surface area contributed by atoms with Crippen LogP contribution in [0.3, 0.4) is 0 Å². The van der Waals surface area contributed by atoms with E-state index in [-0.39, 0.29) is 31.5 Å². The number of amides is 1. The fourth-order valence-corrected chi connectivity index (χ4v) is 3.84. The quantitative estimate of drug-likeness (QED) is 0.463. The number of nitrogens with one attached hydrogen (secondary N) is 3. The molecule has 12 heteroatoms. The number of sulfonamides is 1. The number of anilines is 1. The van der Waals surface area contributed by atoms with Crippen LogP contribution < -0.4 is 16.0 Å². The number of benzene rings is 1. The first kappa shape index (κ1) is 22.9. The number of guanidine groups is 1. The van der Waals surface area contributed by atoms with Crippen LogP contribution in [0.4, 0.5) is 18.9 Å². The number of carbonyl (C=O) groups is 1. The topological polar surface area (TPSA) is 103 Å². The summed E-state index contributed by atoms with van der Waals surface area (Å²) in [6.45, 7) is 0.0239. The molecule has 1 aliphatic heterocycles. The Balaban J connectivity index is 1.73. The molecule has 1 aromatic carbocycles. The summed E-state index contributed by atoms with van der Waals surface area (Å²) in [5.41, 5.74) is -4.60. The summed E-state index contributed by atoms with van der Waals surface area (Å²) < 4.78 is 61.1. The number of hydrogen-bond acceptors (Lipinski definition) is 4. The van der Waals surface area contributed by atoms with E-state index < -0.39 is 15.5 Å². The number of aliphatic imine (C=N–C) groups is 1. The standard InChI is InChI=1S/C17H24F3N5O3S/c1-21-16(23-12-15(26)24-14-5-3-2-4-6-14)22-11-13-7-9-25(10-8-13)29(27,28)17(18,19)20/h2-6,13H,7-12H2,1H3,(H,24,26)(H2,21,22,23). The number of para-hydroxylation sites is 1. The van der Waals surface area contributed by atoms with Gasteiger partial charge in [-0.25, -0.2) is 8.42 Å². The largest absolute Gasteiger partial charge is 0.511 e. The van der Waals surface area contributed by atoms with Gasteiger partial charge in [0.15, 0.2) is 5.96 Å². The van der Waals surface area contributed by atoms with Crippen molar-refractivity contribution >= 4 is 27.6 Å². The van der Waals surface area contributed by atoms with Crippen molar-refractivity contribution < 1.29 is 26.4 Å². The summed E-state index contributed by atoms with van der Waals surface area (Å²) in [6.07, 6.45) is 0.599. The molecule has 8 nitrogen and oxygen atoms in total. The third kappa shape index (κ3) is 6.60. The van der Waals surface area contributed by atoms with Crippen LogP contribution in [0.25, 0.3) is 0 Å². The molecule has 0 radical (unpaired) electrons. The van der Waals surface area contributed by atoms with Crippen molar-refractivity contribution in [1.82, 2.24) is 14.9 Å². The highest BCUT2D eigenvalue weighted by Crippen LogP contribution is 2.30. The van der Waals surface area contributed by atoms with E-state index in [0.29, 0.717) is 35.3 Å². The summed E-state index contributed by atoms with van der Waals surface area (Å²) in [6, 6.07) is 8.96. The van der Waals surface area contributed by atoms with E-state index in [1.54, 1.807) is 24.3 Å². The predicted octanol–water partition coefficient (Wildman–Crippen LogP) is 1.35. The second kappa shape index (κ2) is 9.92. The minimum atomic E-state index is -5.27. The van der Waals surface area contributed by atoms with Gasteiger partial charge < -0.3 is 16.0 Å². The van der Waals surface area contributed by atoms with Crippen molar-refractivity contribution in [2.75, 3.05) is 38.5 Å². The average molecular weight is 435 g/mol. The number of halogens is 3. The lowest BCUT2D eigenvalue weighted by Crippen LogP contribution is -2.47. The zero-order valence-corrected chi connectivity index (χ0v) is 16.7. The second-order valence-corrected chi connectivity index (χ2v) is 8.44. The van der Waals surface area contributed by atoms with Crippen LogP contribution in [0.5, 0.6) is 0 Å². The van der Waals surface area contributed by atoms with Crippen LogP contribution in [-0.4, -0.2) is 63.3 Å². The van der Waals surface area contributed by atoms with Crippen molar-refractivity contribution in [2.45, 2.75) is 18.3 Å². The van der Waals surface area contributed by atoms with E-state index in [1.165, 1.54) is 7.05 Å². The molecule has 1 aliphatic rings. The first-order chi connectivity index (χ1) is 13.6. The van der Waals surface area contributed by atoms with E-state index in [2.05, 4.69) is 20.9 Å². The molecule has 0 bridgehead atoms. The van der Waals surface area contributed by atoms with Crippen molar-refractivity contribution in [3.05, 3.63) is 30.3 Å². The molecule has 0 atom stereocenters. The zero-order chi connectivity index (χ0) is 21.5. The molecule has 1 fully saturated rings. The maximum absolute atomic E-state index is 12.6. The molecule has 0 aromatic heterocycles. The SMILES string of the molecule is CN=C(NCC(=O)Nc1ccccc1)NCC1CCN(S(=O)(=O)C(F)(F)F)CC1. The van der Waals surface area contributed by atoms with Crippen molar-refractivity contribution in [1.29, 1.82) is 0 Å². The molecule has 1 heterocycles. The molecule has 29 heavy (non-hydrogen) atoms. The van der Waals surface area contributed by atoms with Gasteiger partial charge in [-0.3, -0.25) is 9.79 Å². The zero-order valence-electron chi connectivity index (χ0n) is 15.9. The molecule has 1 amide bonds. The van der Waals surface area contributed by atoms with Crippen molar-refractivity contribution in [2.24, 2.45) is 10.9 Å². The molecule has 0 aliphatic carbocycles. The van der Waals surface area contributed by atoms with Gasteiger partial charge in [-0.1, -0.05) is 18.2 Å². The van der Waals surface area contributed by atoms with Crippen LogP contribution in [0.2, 0.25) is 0 Å². The van der Waals surface area contributed by atoms with E-state index in [1.807, 2.05) is 6.07 Å². The smallest absolute Gasteiger partial charge is 0.356 e. The first-order valence-electron chi connectivity index (χ1n) is 8.99. The lowest BCUT2D eigenvalue weighted by atomic mass is 9.98. The minimum absolute atomic E-state index is 0.00798. The Hall–Kier alpha value is -2.34. The minimum Gasteiger partial charge on any atom is -0.356 e. The highest BCUT2D eigenvalue weighted by molar-refractivity contribution is 7.90. The van der Waals surface area contributed by atoms with Crippen LogP contribution >= 0.6 is 0 Å². The van der Waals surface area contributed by atoms with E-state index in [4.69, 9.17) is 0 Å². The Bertz CT molecular complexity index is 807. The number of piperidine rings is 1. The van der Waals surface area contributed by atoms with Gasteiger partial charge in [0.25, 0.3) is 0 Å². The van der Waals surface area contributed by atoms with E-state index in [9.17, 15) is 26.4 Å². The number of nitrogens with zero attached hydrogens (tertiary/aromatic N) is 2. The van der Waals surface area contributed by atoms with Crippen molar-refractivity contribution in [3.8, 4) is 0 Å². The molecule has 1 aromatic rings. The molecule has 3 N–H and O–H groups in total. The summed E-state index contributed by atoms with van der Waals surface area (Å²) in [4.78, 5) is 15.9. The predicted molar refractivity (Wildman–Crippen MR) is 104 cm³/mol. The fourth-order valence-electron chi connectivity index (χ4n) is 2.85. The number of carbonyl (C=O) groups excluding carboxylic acids is 1. The van der Waals surface area contributed by atoms with Gasteiger partial charge in [0.2, 0.25) is 5.91 Å².